The highest BCUT2D eigenvalue weighted by molar-refractivity contribution is 7.74. The predicted octanol–water partition coefficient (Wildman–Crippen LogP) is -0.693. The van der Waals surface area contributed by atoms with Gasteiger partial charge in [0.25, 0.3) is 0 Å². The van der Waals surface area contributed by atoms with Crippen molar-refractivity contribution < 1.29 is 12.4 Å². The van der Waals surface area contributed by atoms with Crippen LogP contribution in [0.3, 0.4) is 0 Å². The summed E-state index contributed by atoms with van der Waals surface area (Å²) >= 11 is 0. The molecule has 0 aromatic carbocycles. The summed E-state index contributed by atoms with van der Waals surface area (Å²) in [4.78, 5) is 0. The first-order valence-corrected chi connectivity index (χ1v) is 5.99. The molecule has 52 valence electrons. The van der Waals surface area contributed by atoms with Crippen LogP contribution >= 0.6 is 7.26 Å². The van der Waals surface area contributed by atoms with E-state index in [-0.39, 0.29) is 12.4 Å². The predicted molar refractivity (Wildman–Crippen MR) is 39.9 cm³/mol. The van der Waals surface area contributed by atoms with E-state index in [1.165, 1.54) is 12.3 Å². The zero-order valence-electron chi connectivity index (χ0n) is 6.24. The van der Waals surface area contributed by atoms with E-state index >= 15 is 0 Å². The fourth-order valence-electron chi connectivity index (χ4n) is 0.224. The number of rotatable bonds is 2. The Morgan fingerprint density at radius 2 is 1.25 bits per heavy atom. The smallest absolute Gasteiger partial charge is 0.0560 e. The first kappa shape index (κ1) is 11.5. The van der Waals surface area contributed by atoms with Gasteiger partial charge in [-0.05, 0) is 13.8 Å². The van der Waals surface area contributed by atoms with Crippen molar-refractivity contribution in [1.82, 2.24) is 0 Å². The third-order valence-corrected chi connectivity index (χ3v) is 5.14. The first-order chi connectivity index (χ1) is 3.12. The van der Waals surface area contributed by atoms with Gasteiger partial charge in [-0.15, -0.1) is 0 Å². The van der Waals surface area contributed by atoms with Gasteiger partial charge in [0.05, 0.1) is 12.3 Å². The molecule has 0 atom stereocenters. The monoisotopic (exact) mass is 154 g/mol. The zero-order valence-corrected chi connectivity index (χ0v) is 7.89. The molecule has 0 radical (unpaired) electrons. The van der Waals surface area contributed by atoms with Gasteiger partial charge >= 0.3 is 0 Å². The normalized spacial score (nSPS) is 10.5. The van der Waals surface area contributed by atoms with E-state index < -0.39 is 7.26 Å². The summed E-state index contributed by atoms with van der Waals surface area (Å²) < 4.78 is 0. The second-order valence-electron chi connectivity index (χ2n) is 2.57. The van der Waals surface area contributed by atoms with Gasteiger partial charge < -0.3 is 12.4 Å². The van der Waals surface area contributed by atoms with Gasteiger partial charge in [-0.1, -0.05) is 0 Å². The molecule has 0 saturated carbocycles. The maximum Gasteiger partial charge on any atom is 0.0560 e. The third kappa shape index (κ3) is 4.87. The molecular formula is C6H16ClP. The van der Waals surface area contributed by atoms with Crippen molar-refractivity contribution in [2.24, 2.45) is 0 Å². The lowest BCUT2D eigenvalue weighted by molar-refractivity contribution is -0.00000184. The van der Waals surface area contributed by atoms with Gasteiger partial charge in [0.1, 0.15) is 0 Å². The highest BCUT2D eigenvalue weighted by Gasteiger charge is 2.17. The van der Waals surface area contributed by atoms with Crippen LogP contribution in [0.4, 0.5) is 0 Å². The van der Waals surface area contributed by atoms with E-state index in [9.17, 15) is 0 Å². The summed E-state index contributed by atoms with van der Waals surface area (Å²) in [5.74, 6) is 0. The lowest BCUT2D eigenvalue weighted by atomic mass is 11.0. The summed E-state index contributed by atoms with van der Waals surface area (Å²) in [6, 6.07) is 0. The fourth-order valence-corrected chi connectivity index (χ4v) is 0.671. The van der Waals surface area contributed by atoms with E-state index in [1.807, 2.05) is 0 Å². The van der Waals surface area contributed by atoms with Crippen LogP contribution in [0, 0.1) is 0 Å². The molecule has 0 saturated heterocycles. The van der Waals surface area contributed by atoms with Crippen LogP contribution < -0.4 is 12.4 Å². The molecule has 0 aliphatic carbocycles. The molecule has 0 aliphatic heterocycles. The molecular weight excluding hydrogens is 138 g/mol. The van der Waals surface area contributed by atoms with E-state index in [1.54, 1.807) is 0 Å². The zero-order chi connectivity index (χ0) is 5.91. The van der Waals surface area contributed by atoms with Gasteiger partial charge in [0.2, 0.25) is 0 Å². The van der Waals surface area contributed by atoms with Crippen LogP contribution in [0.2, 0.25) is 0 Å². The molecule has 0 spiro atoms. The molecule has 0 rings (SSSR count). The van der Waals surface area contributed by atoms with Crippen LogP contribution in [0.5, 0.6) is 0 Å². The Balaban J connectivity index is 0. The molecule has 0 heterocycles. The van der Waals surface area contributed by atoms with Crippen molar-refractivity contribution in [2.75, 3.05) is 25.7 Å². The van der Waals surface area contributed by atoms with Gasteiger partial charge in [-0.2, -0.15) is 0 Å². The Bertz CT molecular complexity index is 46.5. The Morgan fingerprint density at radius 3 is 1.25 bits per heavy atom. The molecule has 0 nitrogen and oxygen atoms in total. The lowest BCUT2D eigenvalue weighted by Gasteiger charge is -2.11. The number of halogens is 1. The summed E-state index contributed by atoms with van der Waals surface area (Å²) in [7, 11) is -0.404. The van der Waals surface area contributed by atoms with Crippen molar-refractivity contribution in [1.29, 1.82) is 0 Å². The highest BCUT2D eigenvalue weighted by Crippen LogP contribution is 2.49. The van der Waals surface area contributed by atoms with E-state index in [2.05, 4.69) is 27.2 Å². The van der Waals surface area contributed by atoms with Gasteiger partial charge in [0.15, 0.2) is 0 Å². The average molecular weight is 155 g/mol. The molecule has 0 fully saturated rings. The molecule has 0 amide bonds. The highest BCUT2D eigenvalue weighted by atomic mass is 35.5. The molecule has 0 aromatic rings. The van der Waals surface area contributed by atoms with Crippen molar-refractivity contribution in [3.8, 4) is 0 Å². The fraction of sp³-hybridized carbons (Fsp3) is 1.00. The minimum Gasteiger partial charge on any atom is -1.00 e. The molecule has 8 heavy (non-hydrogen) atoms. The topological polar surface area (TPSA) is 0 Å². The quantitative estimate of drug-likeness (QED) is 0.462. The van der Waals surface area contributed by atoms with Crippen molar-refractivity contribution in [2.45, 2.75) is 13.8 Å². The lowest BCUT2D eigenvalue weighted by Crippen LogP contribution is -3.00. The van der Waals surface area contributed by atoms with Crippen molar-refractivity contribution in [3.63, 3.8) is 0 Å². The number of hydrogen-bond donors (Lipinski definition) is 0. The van der Waals surface area contributed by atoms with E-state index in [0.717, 1.165) is 0 Å². The summed E-state index contributed by atoms with van der Waals surface area (Å²) in [6.45, 7) is 9.40. The molecule has 2 heteroatoms. The first-order valence-electron chi connectivity index (χ1n) is 2.94. The summed E-state index contributed by atoms with van der Waals surface area (Å²) in [6.07, 6.45) is 2.81. The summed E-state index contributed by atoms with van der Waals surface area (Å²) in [5.41, 5.74) is 0. The molecule has 0 aliphatic rings. The summed E-state index contributed by atoms with van der Waals surface area (Å²) in [5, 5.41) is 0. The Kier molecular flexibility index (Phi) is 6.60. The molecule has 0 N–H and O–H groups in total. The van der Waals surface area contributed by atoms with E-state index in [0.29, 0.717) is 0 Å². The molecule has 0 unspecified atom stereocenters. The standard InChI is InChI=1S/C6H16P.ClH/c1-5-7(3,4)6-2;/h5-6H2,1-4H3;1H/q+1;/p-1. The maximum atomic E-state index is 2.41. The van der Waals surface area contributed by atoms with Gasteiger partial charge in [-0.3, -0.25) is 0 Å². The SMILES string of the molecule is CC[P+](C)(C)CC.[Cl-]. The third-order valence-electron chi connectivity index (χ3n) is 1.71. The van der Waals surface area contributed by atoms with E-state index in [4.69, 9.17) is 0 Å². The van der Waals surface area contributed by atoms with Crippen LogP contribution in [0.15, 0.2) is 0 Å². The van der Waals surface area contributed by atoms with Crippen molar-refractivity contribution >= 4 is 7.26 Å². The van der Waals surface area contributed by atoms with Gasteiger partial charge in [0, 0.05) is 20.6 Å². The average Bonchev–Trinajstić information content (AvgIpc) is 1.68. The van der Waals surface area contributed by atoms with Crippen LogP contribution in [-0.2, 0) is 0 Å². The van der Waals surface area contributed by atoms with Crippen LogP contribution in [-0.4, -0.2) is 25.7 Å². The Morgan fingerprint density at radius 1 is 1.00 bits per heavy atom. The van der Waals surface area contributed by atoms with Crippen LogP contribution in [0.25, 0.3) is 0 Å². The minimum atomic E-state index is -0.404. The van der Waals surface area contributed by atoms with Crippen molar-refractivity contribution in [3.05, 3.63) is 0 Å². The number of hydrogen-bond acceptors (Lipinski definition) is 0. The van der Waals surface area contributed by atoms with Gasteiger partial charge in [-0.25, -0.2) is 0 Å². The second kappa shape index (κ2) is 4.58. The van der Waals surface area contributed by atoms with Crippen LogP contribution in [0.1, 0.15) is 13.8 Å². The largest absolute Gasteiger partial charge is 1.00 e. The maximum absolute atomic E-state index is 2.41. The minimum absolute atomic E-state index is 0. The second-order valence-corrected chi connectivity index (χ2v) is 7.70. The molecule has 0 bridgehead atoms. The Hall–Kier alpha value is 0.720. The Labute approximate surface area is 59.8 Å². The molecule has 0 aromatic heterocycles.